The largest absolute Gasteiger partial charge is 0.381 e. The zero-order valence-corrected chi connectivity index (χ0v) is 10.5. The lowest BCUT2D eigenvalue weighted by atomic mass is 10.1. The first-order valence-electron chi connectivity index (χ1n) is 6.23. The van der Waals surface area contributed by atoms with Gasteiger partial charge in [-0.2, -0.15) is 0 Å². The summed E-state index contributed by atoms with van der Waals surface area (Å²) in [5, 5.41) is 14.1. The molecule has 5 heteroatoms. The monoisotopic (exact) mass is 250 g/mol. The Bertz CT molecular complexity index is 428. The van der Waals surface area contributed by atoms with Gasteiger partial charge in [0.05, 0.1) is 4.92 Å². The van der Waals surface area contributed by atoms with Crippen molar-refractivity contribution in [2.45, 2.75) is 19.8 Å². The Morgan fingerprint density at radius 3 is 3.06 bits per heavy atom. The summed E-state index contributed by atoms with van der Waals surface area (Å²) in [6.45, 7) is 4.26. The SMILES string of the molecule is Cc1ccc(NCCC2CCOC2)c([N+](=O)[O-])c1. The second-order valence-electron chi connectivity index (χ2n) is 4.72. The van der Waals surface area contributed by atoms with E-state index in [0.29, 0.717) is 11.6 Å². The Labute approximate surface area is 106 Å². The van der Waals surface area contributed by atoms with Crippen molar-refractivity contribution in [1.29, 1.82) is 0 Å². The second-order valence-corrected chi connectivity index (χ2v) is 4.72. The fourth-order valence-corrected chi connectivity index (χ4v) is 2.16. The highest BCUT2D eigenvalue weighted by Crippen LogP contribution is 2.25. The Morgan fingerprint density at radius 2 is 2.39 bits per heavy atom. The molecule has 0 bridgehead atoms. The van der Waals surface area contributed by atoms with Crippen molar-refractivity contribution in [2.75, 3.05) is 25.1 Å². The standard InChI is InChI=1S/C13H18N2O3/c1-10-2-3-12(13(8-10)15(16)17)14-6-4-11-5-7-18-9-11/h2-3,8,11,14H,4-7,9H2,1H3. The van der Waals surface area contributed by atoms with Gasteiger partial charge in [0.1, 0.15) is 5.69 Å². The maximum absolute atomic E-state index is 10.9. The first-order valence-corrected chi connectivity index (χ1v) is 6.23. The Hall–Kier alpha value is -1.62. The summed E-state index contributed by atoms with van der Waals surface area (Å²) < 4.78 is 5.30. The van der Waals surface area contributed by atoms with Gasteiger partial charge in [0, 0.05) is 25.8 Å². The van der Waals surface area contributed by atoms with Crippen molar-refractivity contribution in [3.05, 3.63) is 33.9 Å². The molecule has 1 aliphatic heterocycles. The molecule has 1 heterocycles. The normalized spacial score (nSPS) is 18.8. The zero-order chi connectivity index (χ0) is 13.0. The van der Waals surface area contributed by atoms with E-state index < -0.39 is 0 Å². The smallest absolute Gasteiger partial charge is 0.292 e. The number of nitrogens with zero attached hydrogens (tertiary/aromatic N) is 1. The molecule has 2 rings (SSSR count). The van der Waals surface area contributed by atoms with Crippen molar-refractivity contribution in [3.63, 3.8) is 0 Å². The van der Waals surface area contributed by atoms with Crippen LogP contribution in [0, 0.1) is 23.0 Å². The molecule has 5 nitrogen and oxygen atoms in total. The van der Waals surface area contributed by atoms with Crippen LogP contribution in [-0.4, -0.2) is 24.7 Å². The van der Waals surface area contributed by atoms with Gasteiger partial charge in [0.25, 0.3) is 5.69 Å². The molecule has 1 fully saturated rings. The number of hydrogen-bond donors (Lipinski definition) is 1. The molecule has 0 saturated carbocycles. The minimum absolute atomic E-state index is 0.151. The molecule has 1 aromatic rings. The molecule has 0 spiro atoms. The van der Waals surface area contributed by atoms with Crippen molar-refractivity contribution in [1.82, 2.24) is 0 Å². The number of aryl methyl sites for hydroxylation is 1. The minimum atomic E-state index is -0.339. The molecule has 1 saturated heterocycles. The van der Waals surface area contributed by atoms with Crippen LogP contribution in [0.3, 0.4) is 0 Å². The van der Waals surface area contributed by atoms with Gasteiger partial charge in [-0.15, -0.1) is 0 Å². The fraction of sp³-hybridized carbons (Fsp3) is 0.538. The average Bonchev–Trinajstić information content (AvgIpc) is 2.84. The van der Waals surface area contributed by atoms with E-state index in [0.717, 1.165) is 38.2 Å². The number of benzene rings is 1. The van der Waals surface area contributed by atoms with Crippen LogP contribution < -0.4 is 5.32 Å². The van der Waals surface area contributed by atoms with Crippen LogP contribution in [0.2, 0.25) is 0 Å². The van der Waals surface area contributed by atoms with Gasteiger partial charge in [-0.25, -0.2) is 0 Å². The average molecular weight is 250 g/mol. The van der Waals surface area contributed by atoms with Crippen LogP contribution in [0.4, 0.5) is 11.4 Å². The topological polar surface area (TPSA) is 64.4 Å². The maximum atomic E-state index is 10.9. The van der Waals surface area contributed by atoms with Crippen molar-refractivity contribution in [2.24, 2.45) is 5.92 Å². The van der Waals surface area contributed by atoms with Crippen LogP contribution in [0.25, 0.3) is 0 Å². The minimum Gasteiger partial charge on any atom is -0.381 e. The number of nitro groups is 1. The lowest BCUT2D eigenvalue weighted by Gasteiger charge is -2.10. The van der Waals surface area contributed by atoms with Crippen LogP contribution in [0.15, 0.2) is 18.2 Å². The van der Waals surface area contributed by atoms with Crippen LogP contribution in [0.1, 0.15) is 18.4 Å². The van der Waals surface area contributed by atoms with Gasteiger partial charge in [-0.3, -0.25) is 10.1 Å². The number of ether oxygens (including phenoxy) is 1. The molecule has 0 aromatic heterocycles. The van der Waals surface area contributed by atoms with E-state index in [1.54, 1.807) is 12.1 Å². The summed E-state index contributed by atoms with van der Waals surface area (Å²) in [5.74, 6) is 0.585. The van der Waals surface area contributed by atoms with Crippen LogP contribution in [-0.2, 0) is 4.74 Å². The number of rotatable bonds is 5. The third-order valence-corrected chi connectivity index (χ3v) is 3.24. The third-order valence-electron chi connectivity index (χ3n) is 3.24. The van der Waals surface area contributed by atoms with Gasteiger partial charge >= 0.3 is 0 Å². The third kappa shape index (κ3) is 3.20. The van der Waals surface area contributed by atoms with Gasteiger partial charge in [0.15, 0.2) is 0 Å². The van der Waals surface area contributed by atoms with Crippen LogP contribution >= 0.6 is 0 Å². The highest BCUT2D eigenvalue weighted by molar-refractivity contribution is 5.62. The summed E-state index contributed by atoms with van der Waals surface area (Å²) in [5.41, 5.74) is 1.65. The van der Waals surface area contributed by atoms with E-state index in [1.807, 2.05) is 13.0 Å². The van der Waals surface area contributed by atoms with E-state index in [4.69, 9.17) is 4.74 Å². The number of nitrogens with one attached hydrogen (secondary N) is 1. The lowest BCUT2D eigenvalue weighted by Crippen LogP contribution is -2.10. The van der Waals surface area contributed by atoms with Gasteiger partial charge in [0.2, 0.25) is 0 Å². The van der Waals surface area contributed by atoms with Crippen molar-refractivity contribution < 1.29 is 9.66 Å². The Kier molecular flexibility index (Phi) is 4.15. The van der Waals surface area contributed by atoms with Crippen molar-refractivity contribution in [3.8, 4) is 0 Å². The van der Waals surface area contributed by atoms with Crippen LogP contribution in [0.5, 0.6) is 0 Å². The van der Waals surface area contributed by atoms with E-state index in [1.165, 1.54) is 0 Å². The lowest BCUT2D eigenvalue weighted by molar-refractivity contribution is -0.384. The summed E-state index contributed by atoms with van der Waals surface area (Å²) in [6.07, 6.45) is 2.09. The molecule has 0 radical (unpaired) electrons. The molecule has 1 atom stereocenters. The molecular formula is C13H18N2O3. The highest BCUT2D eigenvalue weighted by atomic mass is 16.6. The predicted octanol–water partition coefficient (Wildman–Crippen LogP) is 2.74. The molecule has 18 heavy (non-hydrogen) atoms. The summed E-state index contributed by atoms with van der Waals surface area (Å²) >= 11 is 0. The van der Waals surface area contributed by atoms with Gasteiger partial charge in [-0.1, -0.05) is 6.07 Å². The molecule has 1 aromatic carbocycles. The quantitative estimate of drug-likeness (QED) is 0.644. The highest BCUT2D eigenvalue weighted by Gasteiger charge is 2.16. The zero-order valence-electron chi connectivity index (χ0n) is 10.5. The first-order chi connectivity index (χ1) is 8.66. The van der Waals surface area contributed by atoms with Gasteiger partial charge < -0.3 is 10.1 Å². The summed E-state index contributed by atoms with van der Waals surface area (Å²) in [7, 11) is 0. The molecule has 1 unspecified atom stereocenters. The second kappa shape index (κ2) is 5.82. The Morgan fingerprint density at radius 1 is 1.56 bits per heavy atom. The number of hydrogen-bond acceptors (Lipinski definition) is 4. The first kappa shape index (κ1) is 12.8. The predicted molar refractivity (Wildman–Crippen MR) is 69.9 cm³/mol. The van der Waals surface area contributed by atoms with Gasteiger partial charge in [-0.05, 0) is 37.3 Å². The fourth-order valence-electron chi connectivity index (χ4n) is 2.16. The summed E-state index contributed by atoms with van der Waals surface area (Å²) in [6, 6.07) is 5.26. The van der Waals surface area contributed by atoms with E-state index in [-0.39, 0.29) is 10.6 Å². The molecule has 0 aliphatic carbocycles. The van der Waals surface area contributed by atoms with E-state index in [2.05, 4.69) is 5.32 Å². The Balaban J connectivity index is 1.93. The molecule has 1 N–H and O–H groups in total. The number of anilines is 1. The maximum Gasteiger partial charge on any atom is 0.292 e. The number of nitro benzene ring substituents is 1. The van der Waals surface area contributed by atoms with E-state index >= 15 is 0 Å². The molecular weight excluding hydrogens is 232 g/mol. The summed E-state index contributed by atoms with van der Waals surface area (Å²) in [4.78, 5) is 10.6. The molecule has 1 aliphatic rings. The molecule has 98 valence electrons. The molecule has 0 amide bonds. The van der Waals surface area contributed by atoms with Crippen molar-refractivity contribution >= 4 is 11.4 Å². The van der Waals surface area contributed by atoms with E-state index in [9.17, 15) is 10.1 Å².